The third kappa shape index (κ3) is 4.29. The molecule has 3 aromatic carbocycles. The average molecular weight is 427 g/mol. The van der Waals surface area contributed by atoms with Gasteiger partial charge in [0, 0.05) is 40.3 Å². The molecule has 32 heavy (non-hydrogen) atoms. The highest BCUT2D eigenvalue weighted by Crippen LogP contribution is 2.22. The van der Waals surface area contributed by atoms with Crippen LogP contribution in [-0.2, 0) is 6.54 Å². The summed E-state index contributed by atoms with van der Waals surface area (Å²) in [7, 11) is 0. The van der Waals surface area contributed by atoms with Crippen LogP contribution in [-0.4, -0.2) is 27.7 Å². The van der Waals surface area contributed by atoms with Gasteiger partial charge in [0.25, 0.3) is 5.91 Å². The molecule has 0 spiro atoms. The van der Waals surface area contributed by atoms with E-state index in [9.17, 15) is 14.7 Å². The molecule has 8 heteroatoms. The van der Waals surface area contributed by atoms with Crippen molar-refractivity contribution in [2.75, 3.05) is 5.73 Å². The number of aromatic hydroxyl groups is 1. The van der Waals surface area contributed by atoms with E-state index in [0.29, 0.717) is 17.7 Å². The molecule has 0 aliphatic carbocycles. The van der Waals surface area contributed by atoms with Crippen molar-refractivity contribution in [1.82, 2.24) is 9.99 Å². The number of phenolic OH excluding ortho intramolecular Hbond substituents is 1. The number of carbonyl (C=O) groups is 2. The first-order valence-electron chi connectivity index (χ1n) is 9.81. The zero-order chi connectivity index (χ0) is 22.7. The van der Waals surface area contributed by atoms with Gasteiger partial charge in [0.1, 0.15) is 5.75 Å². The minimum Gasteiger partial charge on any atom is -0.506 e. The summed E-state index contributed by atoms with van der Waals surface area (Å²) in [5, 5.41) is 14.5. The van der Waals surface area contributed by atoms with Crippen LogP contribution >= 0.6 is 0 Å². The maximum Gasteiger partial charge on any atom is 0.271 e. The Bertz CT molecular complexity index is 1360. The van der Waals surface area contributed by atoms with Crippen LogP contribution in [0.1, 0.15) is 31.8 Å². The summed E-state index contributed by atoms with van der Waals surface area (Å²) >= 11 is 0. The molecule has 0 radical (unpaired) electrons. The number of phenols is 1. The van der Waals surface area contributed by atoms with Gasteiger partial charge in [0.05, 0.1) is 11.9 Å². The van der Waals surface area contributed by atoms with E-state index >= 15 is 0 Å². The summed E-state index contributed by atoms with van der Waals surface area (Å²) in [4.78, 5) is 23.7. The standard InChI is InChI=1S/C24H21N5O3/c25-20-12-17(7-8-22(20)30)24(32)28-27-13-18-5-2-6-21-19(18)9-10-29(21)14-15-3-1-4-16(11-15)23(26)31/h1-13,30H,14,25H2,(H2,26,31)(H,28,32)/b27-13+. The van der Waals surface area contributed by atoms with Crippen molar-refractivity contribution >= 4 is 34.6 Å². The van der Waals surface area contributed by atoms with Gasteiger partial charge in [-0.3, -0.25) is 9.59 Å². The lowest BCUT2D eigenvalue weighted by molar-refractivity contribution is 0.0953. The van der Waals surface area contributed by atoms with E-state index in [2.05, 4.69) is 15.1 Å². The molecule has 0 atom stereocenters. The van der Waals surface area contributed by atoms with Crippen LogP contribution < -0.4 is 16.9 Å². The highest BCUT2D eigenvalue weighted by atomic mass is 16.3. The fraction of sp³-hybridized carbons (Fsp3) is 0.0417. The third-order valence-corrected chi connectivity index (χ3v) is 5.07. The van der Waals surface area contributed by atoms with Crippen LogP contribution in [0.15, 0.2) is 78.0 Å². The molecule has 4 rings (SSSR count). The van der Waals surface area contributed by atoms with Crippen LogP contribution in [0.25, 0.3) is 10.9 Å². The topological polar surface area (TPSA) is 136 Å². The Morgan fingerprint density at radius 1 is 1.03 bits per heavy atom. The highest BCUT2D eigenvalue weighted by molar-refractivity contribution is 6.00. The number of fused-ring (bicyclic) bond motifs is 1. The van der Waals surface area contributed by atoms with Gasteiger partial charge >= 0.3 is 0 Å². The number of hydrogen-bond donors (Lipinski definition) is 4. The highest BCUT2D eigenvalue weighted by Gasteiger charge is 2.09. The Labute approximate surface area is 183 Å². The molecule has 160 valence electrons. The minimum atomic E-state index is -0.459. The molecule has 0 unspecified atom stereocenters. The number of carbonyl (C=O) groups excluding carboxylic acids is 2. The van der Waals surface area contributed by atoms with Gasteiger partial charge < -0.3 is 21.1 Å². The first-order chi connectivity index (χ1) is 15.4. The predicted molar refractivity (Wildman–Crippen MR) is 124 cm³/mol. The Morgan fingerprint density at radius 2 is 1.84 bits per heavy atom. The SMILES string of the molecule is NC(=O)c1cccc(Cn2ccc3c(/C=N/NC(=O)c4ccc(O)c(N)c4)cccc32)c1. The van der Waals surface area contributed by atoms with E-state index in [1.54, 1.807) is 18.3 Å². The molecule has 4 aromatic rings. The van der Waals surface area contributed by atoms with Gasteiger partial charge in [0.15, 0.2) is 0 Å². The van der Waals surface area contributed by atoms with Crippen molar-refractivity contribution in [3.63, 3.8) is 0 Å². The second-order valence-electron chi connectivity index (χ2n) is 7.26. The van der Waals surface area contributed by atoms with E-state index < -0.39 is 11.8 Å². The Balaban J connectivity index is 1.52. The summed E-state index contributed by atoms with van der Waals surface area (Å²) in [6, 6.07) is 19.2. The summed E-state index contributed by atoms with van der Waals surface area (Å²) in [6.45, 7) is 0.574. The normalized spacial score (nSPS) is 11.1. The summed E-state index contributed by atoms with van der Waals surface area (Å²) in [5.41, 5.74) is 17.1. The number of primary amides is 1. The maximum atomic E-state index is 12.2. The molecule has 0 aliphatic rings. The van der Waals surface area contributed by atoms with Crippen LogP contribution in [0.3, 0.4) is 0 Å². The van der Waals surface area contributed by atoms with Crippen LogP contribution in [0.2, 0.25) is 0 Å². The van der Waals surface area contributed by atoms with Gasteiger partial charge in [0.2, 0.25) is 5.91 Å². The number of rotatable bonds is 6. The fourth-order valence-corrected chi connectivity index (χ4v) is 3.44. The average Bonchev–Trinajstić information content (AvgIpc) is 3.19. The number of benzene rings is 3. The van der Waals surface area contributed by atoms with Gasteiger partial charge in [-0.2, -0.15) is 5.10 Å². The van der Waals surface area contributed by atoms with Crippen molar-refractivity contribution in [3.05, 3.63) is 95.2 Å². The molecular weight excluding hydrogens is 406 g/mol. The third-order valence-electron chi connectivity index (χ3n) is 5.07. The second-order valence-corrected chi connectivity index (χ2v) is 7.26. The molecule has 2 amide bonds. The number of hydrogen-bond acceptors (Lipinski definition) is 5. The van der Waals surface area contributed by atoms with Gasteiger partial charge in [-0.15, -0.1) is 0 Å². The van der Waals surface area contributed by atoms with Gasteiger partial charge in [-0.1, -0.05) is 24.3 Å². The largest absolute Gasteiger partial charge is 0.506 e. The van der Waals surface area contributed by atoms with Crippen molar-refractivity contribution in [2.45, 2.75) is 6.54 Å². The zero-order valence-electron chi connectivity index (χ0n) is 17.0. The van der Waals surface area contributed by atoms with E-state index in [4.69, 9.17) is 11.5 Å². The van der Waals surface area contributed by atoms with Crippen molar-refractivity contribution in [3.8, 4) is 5.75 Å². The van der Waals surface area contributed by atoms with E-state index in [1.807, 2.05) is 42.6 Å². The Kier molecular flexibility index (Phi) is 5.59. The second kappa shape index (κ2) is 8.65. The number of anilines is 1. The van der Waals surface area contributed by atoms with E-state index in [0.717, 1.165) is 22.0 Å². The number of nitrogens with two attached hydrogens (primary N) is 2. The lowest BCUT2D eigenvalue weighted by Gasteiger charge is -2.07. The first kappa shape index (κ1) is 20.7. The number of nitrogens with zero attached hydrogens (tertiary/aromatic N) is 2. The number of amides is 2. The molecule has 1 heterocycles. The molecule has 0 fully saturated rings. The molecular formula is C24H21N5O3. The van der Waals surface area contributed by atoms with Crippen LogP contribution in [0.5, 0.6) is 5.75 Å². The van der Waals surface area contributed by atoms with Crippen LogP contribution in [0, 0.1) is 0 Å². The Morgan fingerprint density at radius 3 is 2.62 bits per heavy atom. The quantitative estimate of drug-likeness (QED) is 0.163. The fourth-order valence-electron chi connectivity index (χ4n) is 3.44. The zero-order valence-corrected chi connectivity index (χ0v) is 17.0. The van der Waals surface area contributed by atoms with Crippen molar-refractivity contribution in [2.24, 2.45) is 10.8 Å². The summed E-state index contributed by atoms with van der Waals surface area (Å²) in [5.74, 6) is -0.977. The number of nitrogens with one attached hydrogen (secondary N) is 1. The van der Waals surface area contributed by atoms with Crippen LogP contribution in [0.4, 0.5) is 5.69 Å². The lowest BCUT2D eigenvalue weighted by atomic mass is 10.1. The lowest BCUT2D eigenvalue weighted by Crippen LogP contribution is -2.17. The molecule has 6 N–H and O–H groups in total. The maximum absolute atomic E-state index is 12.2. The number of nitrogen functional groups attached to an aromatic ring is 1. The van der Waals surface area contributed by atoms with E-state index in [1.165, 1.54) is 18.2 Å². The van der Waals surface area contributed by atoms with Crippen molar-refractivity contribution in [1.29, 1.82) is 0 Å². The summed E-state index contributed by atoms with van der Waals surface area (Å²) < 4.78 is 2.06. The molecule has 0 aliphatic heterocycles. The predicted octanol–water partition coefficient (Wildman–Crippen LogP) is 2.84. The summed E-state index contributed by atoms with van der Waals surface area (Å²) in [6.07, 6.45) is 3.53. The smallest absolute Gasteiger partial charge is 0.271 e. The number of hydrazone groups is 1. The first-order valence-corrected chi connectivity index (χ1v) is 9.81. The number of aromatic nitrogens is 1. The van der Waals surface area contributed by atoms with Crippen molar-refractivity contribution < 1.29 is 14.7 Å². The molecule has 8 nitrogen and oxygen atoms in total. The monoisotopic (exact) mass is 427 g/mol. The van der Waals surface area contributed by atoms with Gasteiger partial charge in [-0.25, -0.2) is 5.43 Å². The van der Waals surface area contributed by atoms with E-state index in [-0.39, 0.29) is 11.4 Å². The molecule has 0 bridgehead atoms. The molecule has 0 saturated heterocycles. The molecule has 0 saturated carbocycles. The Hall–Kier alpha value is -4.59. The molecule has 1 aromatic heterocycles. The minimum absolute atomic E-state index is 0.0809. The van der Waals surface area contributed by atoms with Gasteiger partial charge in [-0.05, 0) is 48.0 Å².